The van der Waals surface area contributed by atoms with Crippen LogP contribution in [0.15, 0.2) is 23.1 Å². The molecular formula is C16H20N2O2S. The number of piperidine rings is 1. The zero-order valence-electron chi connectivity index (χ0n) is 12.2. The van der Waals surface area contributed by atoms with Gasteiger partial charge >= 0.3 is 5.97 Å². The standard InChI is InChI=1S/C16H20N2O2S/c1-2-21-15-7-3-6-14(13(15)10-17)18-8-4-5-12(11-18)9-16(19)20/h3,6-7,12H,2,4-5,8-9,11H2,1H3,(H,19,20). The van der Waals surface area contributed by atoms with Crippen molar-refractivity contribution in [1.82, 2.24) is 0 Å². The Kier molecular flexibility index (Phi) is 5.51. The molecule has 1 heterocycles. The summed E-state index contributed by atoms with van der Waals surface area (Å²) in [4.78, 5) is 14.1. The van der Waals surface area contributed by atoms with E-state index in [1.165, 1.54) is 0 Å². The van der Waals surface area contributed by atoms with Crippen LogP contribution in [0.1, 0.15) is 31.7 Å². The number of nitrogens with zero attached hydrogens (tertiary/aromatic N) is 2. The Labute approximate surface area is 129 Å². The lowest BCUT2D eigenvalue weighted by Gasteiger charge is -2.34. The minimum absolute atomic E-state index is 0.172. The zero-order chi connectivity index (χ0) is 15.2. The highest BCUT2D eigenvalue weighted by Crippen LogP contribution is 2.33. The van der Waals surface area contributed by atoms with Crippen LogP contribution >= 0.6 is 11.8 Å². The van der Waals surface area contributed by atoms with Crippen molar-refractivity contribution in [2.45, 2.75) is 31.1 Å². The van der Waals surface area contributed by atoms with E-state index in [1.54, 1.807) is 11.8 Å². The van der Waals surface area contributed by atoms with E-state index in [1.807, 2.05) is 18.2 Å². The summed E-state index contributed by atoms with van der Waals surface area (Å²) < 4.78 is 0. The number of thioether (sulfide) groups is 1. The Bertz CT molecular complexity index is 554. The molecule has 0 bridgehead atoms. The maximum Gasteiger partial charge on any atom is 0.303 e. The number of nitriles is 1. The van der Waals surface area contributed by atoms with E-state index < -0.39 is 5.97 Å². The Morgan fingerprint density at radius 2 is 2.38 bits per heavy atom. The highest BCUT2D eigenvalue weighted by atomic mass is 32.2. The van der Waals surface area contributed by atoms with Gasteiger partial charge in [-0.3, -0.25) is 4.79 Å². The molecule has 1 unspecified atom stereocenters. The number of carbonyl (C=O) groups is 1. The molecule has 21 heavy (non-hydrogen) atoms. The summed E-state index contributed by atoms with van der Waals surface area (Å²) in [5.74, 6) is 0.364. The predicted octanol–water partition coefficient (Wildman–Crippen LogP) is 3.36. The molecule has 1 aromatic carbocycles. The van der Waals surface area contributed by atoms with Gasteiger partial charge in [0.05, 0.1) is 11.3 Å². The van der Waals surface area contributed by atoms with Gasteiger partial charge in [0.2, 0.25) is 0 Å². The van der Waals surface area contributed by atoms with Crippen molar-refractivity contribution >= 4 is 23.4 Å². The van der Waals surface area contributed by atoms with Gasteiger partial charge in [-0.05, 0) is 36.6 Å². The first-order valence-corrected chi connectivity index (χ1v) is 8.27. The summed E-state index contributed by atoms with van der Waals surface area (Å²) in [7, 11) is 0. The van der Waals surface area contributed by atoms with Crippen molar-refractivity contribution in [2.75, 3.05) is 23.7 Å². The van der Waals surface area contributed by atoms with Crippen molar-refractivity contribution in [3.63, 3.8) is 0 Å². The monoisotopic (exact) mass is 304 g/mol. The van der Waals surface area contributed by atoms with Gasteiger partial charge < -0.3 is 10.0 Å². The fourth-order valence-electron chi connectivity index (χ4n) is 2.87. The van der Waals surface area contributed by atoms with Crippen LogP contribution < -0.4 is 4.90 Å². The lowest BCUT2D eigenvalue weighted by molar-refractivity contribution is -0.138. The van der Waals surface area contributed by atoms with E-state index >= 15 is 0 Å². The topological polar surface area (TPSA) is 64.3 Å². The van der Waals surface area contributed by atoms with Crippen LogP contribution in [0.3, 0.4) is 0 Å². The molecule has 0 aliphatic carbocycles. The molecule has 1 saturated heterocycles. The van der Waals surface area contributed by atoms with Gasteiger partial charge in [-0.1, -0.05) is 13.0 Å². The van der Waals surface area contributed by atoms with Crippen LogP contribution in [-0.2, 0) is 4.79 Å². The Hall–Kier alpha value is -1.67. The Morgan fingerprint density at radius 1 is 1.57 bits per heavy atom. The van der Waals surface area contributed by atoms with Crippen molar-refractivity contribution in [2.24, 2.45) is 5.92 Å². The molecule has 1 aliphatic rings. The van der Waals surface area contributed by atoms with Crippen LogP contribution in [0.4, 0.5) is 5.69 Å². The maximum atomic E-state index is 10.9. The summed E-state index contributed by atoms with van der Waals surface area (Å²) >= 11 is 1.67. The van der Waals surface area contributed by atoms with Crippen LogP contribution in [0.5, 0.6) is 0 Å². The number of rotatable bonds is 5. The largest absolute Gasteiger partial charge is 0.481 e. The molecule has 0 aromatic heterocycles. The summed E-state index contributed by atoms with van der Waals surface area (Å²) in [6, 6.07) is 8.26. The molecule has 112 valence electrons. The lowest BCUT2D eigenvalue weighted by Crippen LogP contribution is -2.36. The molecule has 0 saturated carbocycles. The highest BCUT2D eigenvalue weighted by molar-refractivity contribution is 7.99. The second-order valence-corrected chi connectivity index (χ2v) is 6.55. The zero-order valence-corrected chi connectivity index (χ0v) is 13.0. The number of carboxylic acid groups (broad SMARTS) is 1. The van der Waals surface area contributed by atoms with Gasteiger partial charge in [0, 0.05) is 24.4 Å². The first kappa shape index (κ1) is 15.7. The van der Waals surface area contributed by atoms with Crippen molar-refractivity contribution < 1.29 is 9.90 Å². The van der Waals surface area contributed by atoms with Crippen LogP contribution in [-0.4, -0.2) is 29.9 Å². The van der Waals surface area contributed by atoms with E-state index in [-0.39, 0.29) is 12.3 Å². The molecule has 1 fully saturated rings. The fraction of sp³-hybridized carbons (Fsp3) is 0.500. The maximum absolute atomic E-state index is 10.9. The van der Waals surface area contributed by atoms with Gasteiger partial charge in [-0.25, -0.2) is 0 Å². The first-order chi connectivity index (χ1) is 10.2. The molecule has 0 amide bonds. The van der Waals surface area contributed by atoms with Gasteiger partial charge in [0.25, 0.3) is 0 Å². The van der Waals surface area contributed by atoms with E-state index in [9.17, 15) is 10.1 Å². The molecule has 0 spiro atoms. The third-order valence-electron chi connectivity index (χ3n) is 3.74. The highest BCUT2D eigenvalue weighted by Gasteiger charge is 2.24. The van der Waals surface area contributed by atoms with Crippen LogP contribution in [0.25, 0.3) is 0 Å². The summed E-state index contributed by atoms with van der Waals surface area (Å²) in [6.45, 7) is 3.69. The summed E-state index contributed by atoms with van der Waals surface area (Å²) in [5, 5.41) is 18.4. The fourth-order valence-corrected chi connectivity index (χ4v) is 3.65. The minimum atomic E-state index is -0.738. The number of benzene rings is 1. The van der Waals surface area contributed by atoms with Gasteiger partial charge in [-0.15, -0.1) is 11.8 Å². The quantitative estimate of drug-likeness (QED) is 0.845. The third-order valence-corrected chi connectivity index (χ3v) is 4.68. The minimum Gasteiger partial charge on any atom is -0.481 e. The van der Waals surface area contributed by atoms with Gasteiger partial charge in [-0.2, -0.15) is 5.26 Å². The van der Waals surface area contributed by atoms with Crippen molar-refractivity contribution in [1.29, 1.82) is 5.26 Å². The normalized spacial score (nSPS) is 18.3. The molecule has 5 heteroatoms. The van der Waals surface area contributed by atoms with E-state index in [4.69, 9.17) is 5.11 Å². The van der Waals surface area contributed by atoms with E-state index in [0.717, 1.165) is 47.8 Å². The smallest absolute Gasteiger partial charge is 0.303 e. The molecular weight excluding hydrogens is 284 g/mol. The second kappa shape index (κ2) is 7.37. The number of aliphatic carboxylic acids is 1. The molecule has 0 radical (unpaired) electrons. The number of anilines is 1. The predicted molar refractivity (Wildman–Crippen MR) is 84.7 cm³/mol. The third kappa shape index (κ3) is 3.92. The molecule has 1 atom stereocenters. The van der Waals surface area contributed by atoms with Crippen molar-refractivity contribution in [3.8, 4) is 6.07 Å². The molecule has 1 N–H and O–H groups in total. The first-order valence-electron chi connectivity index (χ1n) is 7.28. The lowest BCUT2D eigenvalue weighted by atomic mass is 9.94. The number of hydrogen-bond donors (Lipinski definition) is 1. The van der Waals surface area contributed by atoms with Gasteiger partial charge in [0.15, 0.2) is 0 Å². The second-order valence-electron chi connectivity index (χ2n) is 5.25. The molecule has 2 rings (SSSR count). The SMILES string of the molecule is CCSc1cccc(N2CCCC(CC(=O)O)C2)c1C#N. The summed E-state index contributed by atoms with van der Waals surface area (Å²) in [5.41, 5.74) is 1.67. The van der Waals surface area contributed by atoms with E-state index in [2.05, 4.69) is 17.9 Å². The summed E-state index contributed by atoms with van der Waals surface area (Å²) in [6.07, 6.45) is 2.14. The van der Waals surface area contributed by atoms with Crippen LogP contribution in [0, 0.1) is 17.2 Å². The Morgan fingerprint density at radius 3 is 3.05 bits per heavy atom. The van der Waals surface area contributed by atoms with Gasteiger partial charge in [0.1, 0.15) is 6.07 Å². The Balaban J connectivity index is 2.23. The average Bonchev–Trinajstić information content (AvgIpc) is 2.47. The number of hydrogen-bond acceptors (Lipinski definition) is 4. The average molecular weight is 304 g/mol. The molecule has 1 aliphatic heterocycles. The van der Waals surface area contributed by atoms with Crippen LogP contribution in [0.2, 0.25) is 0 Å². The number of carboxylic acids is 1. The molecule has 4 nitrogen and oxygen atoms in total. The molecule has 1 aromatic rings. The van der Waals surface area contributed by atoms with Crippen molar-refractivity contribution in [3.05, 3.63) is 23.8 Å². The van der Waals surface area contributed by atoms with E-state index in [0.29, 0.717) is 0 Å².